The fraction of sp³-hybridized carbons (Fsp3) is 0.522. The third-order valence-electron chi connectivity index (χ3n) is 6.46. The molecule has 1 aromatic carbocycles. The van der Waals surface area contributed by atoms with Gasteiger partial charge in [-0.05, 0) is 55.9 Å². The van der Waals surface area contributed by atoms with Crippen LogP contribution in [0.5, 0.6) is 0 Å². The first kappa shape index (κ1) is 19.7. The summed E-state index contributed by atoms with van der Waals surface area (Å²) < 4.78 is 0. The van der Waals surface area contributed by atoms with Crippen LogP contribution in [-0.2, 0) is 14.4 Å². The van der Waals surface area contributed by atoms with E-state index in [0.717, 1.165) is 24.7 Å². The van der Waals surface area contributed by atoms with Crippen molar-refractivity contribution in [2.75, 3.05) is 29.9 Å². The number of nitrogens with one attached hydrogen (secondary N) is 1. The van der Waals surface area contributed by atoms with Crippen LogP contribution in [0.15, 0.2) is 36.4 Å². The number of rotatable bonds is 5. The number of carbonyl (C=O) groups excluding carboxylic acids is 3. The van der Waals surface area contributed by atoms with Gasteiger partial charge in [-0.3, -0.25) is 19.3 Å². The molecule has 2 aliphatic heterocycles. The molecule has 154 valence electrons. The van der Waals surface area contributed by atoms with Gasteiger partial charge in [0.1, 0.15) is 0 Å². The van der Waals surface area contributed by atoms with E-state index in [2.05, 4.69) is 17.1 Å². The molecule has 29 heavy (non-hydrogen) atoms. The second kappa shape index (κ2) is 8.39. The van der Waals surface area contributed by atoms with Gasteiger partial charge in [-0.15, -0.1) is 0 Å². The second-order valence-electron chi connectivity index (χ2n) is 8.50. The molecule has 2 saturated heterocycles. The molecule has 1 aliphatic carbocycles. The molecule has 0 saturated carbocycles. The largest absolute Gasteiger partial charge is 0.372 e. The van der Waals surface area contributed by atoms with Crippen LogP contribution >= 0.6 is 0 Å². The summed E-state index contributed by atoms with van der Waals surface area (Å²) in [4.78, 5) is 40.9. The summed E-state index contributed by atoms with van der Waals surface area (Å²) in [5, 5.41) is 2.88. The number of hydrogen-bond donors (Lipinski definition) is 1. The van der Waals surface area contributed by atoms with Crippen LogP contribution in [0, 0.1) is 17.8 Å². The molecule has 0 bridgehead atoms. The van der Waals surface area contributed by atoms with Crippen LogP contribution in [0.25, 0.3) is 0 Å². The highest BCUT2D eigenvalue weighted by Gasteiger charge is 2.46. The highest BCUT2D eigenvalue weighted by Crippen LogP contribution is 2.35. The van der Waals surface area contributed by atoms with E-state index in [1.165, 1.54) is 23.4 Å². The number of benzene rings is 1. The molecule has 0 unspecified atom stereocenters. The first-order valence-corrected chi connectivity index (χ1v) is 10.7. The summed E-state index contributed by atoms with van der Waals surface area (Å²) in [7, 11) is 0. The number of anilines is 2. The van der Waals surface area contributed by atoms with Crippen molar-refractivity contribution in [1.29, 1.82) is 0 Å². The molecule has 1 aromatic rings. The minimum absolute atomic E-state index is 0.121. The molecular formula is C23H29N3O3. The van der Waals surface area contributed by atoms with Crippen molar-refractivity contribution >= 4 is 29.1 Å². The summed E-state index contributed by atoms with van der Waals surface area (Å²) in [6.07, 6.45) is 7.73. The monoisotopic (exact) mass is 395 g/mol. The Morgan fingerprint density at radius 3 is 2.17 bits per heavy atom. The van der Waals surface area contributed by atoms with Gasteiger partial charge in [0.15, 0.2) is 0 Å². The fourth-order valence-electron chi connectivity index (χ4n) is 4.55. The number of fused-ring (bicyclic) bond motifs is 1. The van der Waals surface area contributed by atoms with Crippen LogP contribution in [-0.4, -0.2) is 42.3 Å². The van der Waals surface area contributed by atoms with Gasteiger partial charge < -0.3 is 10.2 Å². The van der Waals surface area contributed by atoms with E-state index in [1.54, 1.807) is 0 Å². The SMILES string of the molecule is CC1CCN(c2ccc(NC(=O)CCN3C(=O)[C@H]4CC=CC[C@H]4C3=O)cc2)CC1. The van der Waals surface area contributed by atoms with Gasteiger partial charge >= 0.3 is 0 Å². The lowest BCUT2D eigenvalue weighted by atomic mass is 9.85. The van der Waals surface area contributed by atoms with E-state index in [0.29, 0.717) is 12.8 Å². The first-order chi connectivity index (χ1) is 14.0. The van der Waals surface area contributed by atoms with Crippen LogP contribution in [0.2, 0.25) is 0 Å². The standard InChI is InChI=1S/C23H29N3O3/c1-16-10-13-25(14-11-16)18-8-6-17(7-9-18)24-21(27)12-15-26-22(28)19-4-2-3-5-20(19)23(26)29/h2-3,6-9,16,19-20H,4-5,10-15H2,1H3,(H,24,27)/t19-,20+. The molecule has 0 aromatic heterocycles. The minimum atomic E-state index is -0.235. The molecule has 0 radical (unpaired) electrons. The Labute approximate surface area is 171 Å². The maximum Gasteiger partial charge on any atom is 0.233 e. The van der Waals surface area contributed by atoms with Crippen LogP contribution < -0.4 is 10.2 Å². The third kappa shape index (κ3) is 4.21. The van der Waals surface area contributed by atoms with E-state index < -0.39 is 0 Å². The quantitative estimate of drug-likeness (QED) is 0.614. The van der Waals surface area contributed by atoms with Crippen molar-refractivity contribution in [2.45, 2.75) is 39.0 Å². The minimum Gasteiger partial charge on any atom is -0.372 e. The third-order valence-corrected chi connectivity index (χ3v) is 6.46. The van der Waals surface area contributed by atoms with Gasteiger partial charge in [-0.25, -0.2) is 0 Å². The Bertz CT molecular complexity index is 783. The topological polar surface area (TPSA) is 69.7 Å². The lowest BCUT2D eigenvalue weighted by molar-refractivity contribution is -0.140. The Balaban J connectivity index is 1.28. The van der Waals surface area contributed by atoms with E-state index in [1.807, 2.05) is 36.4 Å². The lowest BCUT2D eigenvalue weighted by Gasteiger charge is -2.32. The zero-order valence-electron chi connectivity index (χ0n) is 17.0. The van der Waals surface area contributed by atoms with Crippen LogP contribution in [0.3, 0.4) is 0 Å². The predicted octanol–water partition coefficient (Wildman–Crippen LogP) is 3.20. The number of likely N-dealkylation sites (tertiary alicyclic amines) is 1. The molecule has 4 rings (SSSR count). The Kier molecular flexibility index (Phi) is 5.69. The second-order valence-corrected chi connectivity index (χ2v) is 8.50. The van der Waals surface area contributed by atoms with Gasteiger partial charge in [0.25, 0.3) is 0 Å². The molecule has 3 amide bonds. The molecule has 2 fully saturated rings. The van der Waals surface area contributed by atoms with Crippen molar-refractivity contribution in [2.24, 2.45) is 17.8 Å². The summed E-state index contributed by atoms with van der Waals surface area (Å²) in [6, 6.07) is 7.91. The zero-order valence-corrected chi connectivity index (χ0v) is 17.0. The van der Waals surface area contributed by atoms with E-state index in [9.17, 15) is 14.4 Å². The van der Waals surface area contributed by atoms with Crippen molar-refractivity contribution in [1.82, 2.24) is 4.90 Å². The number of piperidine rings is 1. The highest BCUT2D eigenvalue weighted by atomic mass is 16.2. The molecular weight excluding hydrogens is 366 g/mol. The predicted molar refractivity (Wildman–Crippen MR) is 112 cm³/mol. The first-order valence-electron chi connectivity index (χ1n) is 10.7. The Morgan fingerprint density at radius 2 is 1.59 bits per heavy atom. The highest BCUT2D eigenvalue weighted by molar-refractivity contribution is 6.05. The van der Waals surface area contributed by atoms with Gasteiger partial charge in [0, 0.05) is 37.4 Å². The average molecular weight is 396 g/mol. The molecule has 2 heterocycles. The average Bonchev–Trinajstić information content (AvgIpc) is 2.98. The van der Waals surface area contributed by atoms with Crippen molar-refractivity contribution in [3.63, 3.8) is 0 Å². The molecule has 1 N–H and O–H groups in total. The Morgan fingerprint density at radius 1 is 1.00 bits per heavy atom. The maximum atomic E-state index is 12.5. The Hall–Kier alpha value is -2.63. The van der Waals surface area contributed by atoms with Crippen LogP contribution in [0.1, 0.15) is 39.0 Å². The van der Waals surface area contributed by atoms with Gasteiger partial charge in [-0.2, -0.15) is 0 Å². The van der Waals surface area contributed by atoms with Crippen molar-refractivity contribution < 1.29 is 14.4 Å². The smallest absolute Gasteiger partial charge is 0.233 e. The lowest BCUT2D eigenvalue weighted by Crippen LogP contribution is -2.34. The summed E-state index contributed by atoms with van der Waals surface area (Å²) in [5.41, 5.74) is 1.92. The normalized spacial score (nSPS) is 24.7. The van der Waals surface area contributed by atoms with E-state index >= 15 is 0 Å². The number of hydrogen-bond acceptors (Lipinski definition) is 4. The van der Waals surface area contributed by atoms with Gasteiger partial charge in [0.05, 0.1) is 11.8 Å². The molecule has 6 nitrogen and oxygen atoms in total. The number of allylic oxidation sites excluding steroid dienone is 2. The molecule has 0 spiro atoms. The molecule has 3 aliphatic rings. The molecule has 6 heteroatoms. The number of amides is 3. The molecule has 2 atom stereocenters. The maximum absolute atomic E-state index is 12.5. The number of carbonyl (C=O) groups is 3. The summed E-state index contributed by atoms with van der Waals surface area (Å²) in [5.74, 6) is -0.117. The fourth-order valence-corrected chi connectivity index (χ4v) is 4.55. The van der Waals surface area contributed by atoms with Gasteiger partial charge in [0.2, 0.25) is 17.7 Å². The summed E-state index contributed by atoms with van der Waals surface area (Å²) >= 11 is 0. The zero-order chi connectivity index (χ0) is 20.4. The number of imide groups is 1. The summed E-state index contributed by atoms with van der Waals surface area (Å²) in [6.45, 7) is 4.59. The number of nitrogens with zero attached hydrogens (tertiary/aromatic N) is 2. The van der Waals surface area contributed by atoms with Gasteiger partial charge in [-0.1, -0.05) is 19.1 Å². The van der Waals surface area contributed by atoms with Crippen LogP contribution in [0.4, 0.5) is 11.4 Å². The van der Waals surface area contributed by atoms with E-state index in [4.69, 9.17) is 0 Å². The van der Waals surface area contributed by atoms with Crippen molar-refractivity contribution in [3.8, 4) is 0 Å². The van der Waals surface area contributed by atoms with Crippen molar-refractivity contribution in [3.05, 3.63) is 36.4 Å². The van der Waals surface area contributed by atoms with E-state index in [-0.39, 0.29) is 42.5 Å².